The molecule has 0 amide bonds. The minimum Gasteiger partial charge on any atom is -0.493 e. The molecule has 2 unspecified atom stereocenters. The molecule has 0 aromatic heterocycles. The third-order valence-electron chi connectivity index (χ3n) is 4.16. The van der Waals surface area contributed by atoms with Crippen LogP contribution in [0.5, 0.6) is 17.2 Å². The van der Waals surface area contributed by atoms with Gasteiger partial charge in [-0.15, -0.1) is 0 Å². The van der Waals surface area contributed by atoms with Gasteiger partial charge in [0.25, 0.3) is 0 Å². The fourth-order valence-corrected chi connectivity index (χ4v) is 3.65. The summed E-state index contributed by atoms with van der Waals surface area (Å²) >= 11 is 3.48. The minimum atomic E-state index is -0.749. The zero-order chi connectivity index (χ0) is 18.1. The number of ether oxygens (including phenoxy) is 3. The highest BCUT2D eigenvalue weighted by Crippen LogP contribution is 2.46. The molecule has 3 rings (SSSR count). The second-order valence-electron chi connectivity index (χ2n) is 5.59. The summed E-state index contributed by atoms with van der Waals surface area (Å²) in [5.74, 6) is 0.376. The number of fused-ring (bicyclic) bond motifs is 1. The van der Waals surface area contributed by atoms with Crippen LogP contribution in [0.4, 0.5) is 5.69 Å². The lowest BCUT2D eigenvalue weighted by atomic mass is 9.79. The average molecular weight is 402 g/mol. The molecule has 1 aliphatic rings. The fraction of sp³-hybridized carbons (Fsp3) is 0.222. The molecule has 1 heterocycles. The molecule has 25 heavy (non-hydrogen) atoms. The molecule has 2 aromatic rings. The first-order valence-corrected chi connectivity index (χ1v) is 8.26. The molecule has 0 aliphatic carbocycles. The van der Waals surface area contributed by atoms with Gasteiger partial charge in [0.15, 0.2) is 11.5 Å². The molecule has 128 valence electrons. The summed E-state index contributed by atoms with van der Waals surface area (Å²) in [6.45, 7) is 0. The molecule has 2 atom stereocenters. The van der Waals surface area contributed by atoms with Crippen LogP contribution in [0.3, 0.4) is 0 Å². The summed E-state index contributed by atoms with van der Waals surface area (Å²) in [6, 6.07) is 11.1. The largest absolute Gasteiger partial charge is 0.493 e. The maximum atomic E-state index is 9.61. The highest BCUT2D eigenvalue weighted by Gasteiger charge is 2.37. The molecular weight excluding hydrogens is 386 g/mol. The Bertz CT molecular complexity index is 892. The van der Waals surface area contributed by atoms with E-state index in [1.807, 2.05) is 18.2 Å². The van der Waals surface area contributed by atoms with E-state index in [-0.39, 0.29) is 11.8 Å². The van der Waals surface area contributed by atoms with Crippen molar-refractivity contribution in [3.8, 4) is 23.3 Å². The third-order valence-corrected chi connectivity index (χ3v) is 4.75. The maximum absolute atomic E-state index is 9.61. The van der Waals surface area contributed by atoms with Crippen molar-refractivity contribution in [3.05, 3.63) is 45.9 Å². The topological polar surface area (TPSA) is 101 Å². The number of nitrogen functional groups attached to an aromatic ring is 1. The first kappa shape index (κ1) is 17.1. The first-order valence-electron chi connectivity index (χ1n) is 7.47. The predicted octanol–water partition coefficient (Wildman–Crippen LogP) is 3.69. The van der Waals surface area contributed by atoms with Crippen molar-refractivity contribution in [1.29, 1.82) is 10.7 Å². The summed E-state index contributed by atoms with van der Waals surface area (Å²) < 4.78 is 17.0. The van der Waals surface area contributed by atoms with Crippen LogP contribution < -0.4 is 19.9 Å². The van der Waals surface area contributed by atoms with Crippen LogP contribution in [0.1, 0.15) is 17.0 Å². The van der Waals surface area contributed by atoms with Crippen LogP contribution in [-0.4, -0.2) is 20.1 Å². The van der Waals surface area contributed by atoms with E-state index in [0.29, 0.717) is 27.4 Å². The normalized spacial score (nSPS) is 18.7. The van der Waals surface area contributed by atoms with Gasteiger partial charge in [-0.3, -0.25) is 5.41 Å². The third kappa shape index (κ3) is 2.89. The van der Waals surface area contributed by atoms with Gasteiger partial charge in [0.05, 0.1) is 24.8 Å². The Morgan fingerprint density at radius 2 is 2.00 bits per heavy atom. The number of benzene rings is 2. The smallest absolute Gasteiger partial charge is 0.205 e. The van der Waals surface area contributed by atoms with Gasteiger partial charge in [-0.2, -0.15) is 5.26 Å². The van der Waals surface area contributed by atoms with Crippen molar-refractivity contribution in [3.63, 3.8) is 0 Å². The van der Waals surface area contributed by atoms with Crippen molar-refractivity contribution in [2.75, 3.05) is 20.0 Å². The lowest BCUT2D eigenvalue weighted by Gasteiger charge is -2.31. The Kier molecular flexibility index (Phi) is 4.55. The molecule has 0 fully saturated rings. The van der Waals surface area contributed by atoms with Crippen LogP contribution >= 0.6 is 15.9 Å². The quantitative estimate of drug-likeness (QED) is 0.763. The number of nitrogens with zero attached hydrogens (tertiary/aromatic N) is 1. The summed E-state index contributed by atoms with van der Waals surface area (Å²) in [7, 11) is 3.11. The number of rotatable bonds is 3. The molecular formula is C18H16BrN3O3. The number of nitrogens with one attached hydrogen (secondary N) is 1. The van der Waals surface area contributed by atoms with Gasteiger partial charge in [-0.25, -0.2) is 0 Å². The van der Waals surface area contributed by atoms with Gasteiger partial charge in [0, 0.05) is 23.2 Å². The van der Waals surface area contributed by atoms with Gasteiger partial charge in [-0.05, 0) is 39.7 Å². The second kappa shape index (κ2) is 6.65. The summed E-state index contributed by atoms with van der Waals surface area (Å²) in [5.41, 5.74) is 7.98. The van der Waals surface area contributed by atoms with Crippen molar-refractivity contribution in [2.45, 2.75) is 5.92 Å². The highest BCUT2D eigenvalue weighted by atomic mass is 79.9. The Morgan fingerprint density at radius 1 is 1.24 bits per heavy atom. The van der Waals surface area contributed by atoms with E-state index >= 15 is 0 Å². The maximum Gasteiger partial charge on any atom is 0.205 e. The SMILES string of the molecule is COc1cc(C2c3ccc(N)cc3OC(=N)C2C#N)cc(Br)c1OC. The van der Waals surface area contributed by atoms with E-state index in [1.165, 1.54) is 0 Å². The van der Waals surface area contributed by atoms with Gasteiger partial charge in [0.2, 0.25) is 5.90 Å². The zero-order valence-electron chi connectivity index (χ0n) is 13.7. The number of hydrogen-bond donors (Lipinski definition) is 2. The van der Waals surface area contributed by atoms with Crippen molar-refractivity contribution in [2.24, 2.45) is 5.92 Å². The monoisotopic (exact) mass is 401 g/mol. The van der Waals surface area contributed by atoms with Crippen molar-refractivity contribution >= 4 is 27.5 Å². The van der Waals surface area contributed by atoms with E-state index in [1.54, 1.807) is 26.4 Å². The lowest BCUT2D eigenvalue weighted by molar-refractivity contribution is 0.352. The van der Waals surface area contributed by atoms with Gasteiger partial charge < -0.3 is 19.9 Å². The van der Waals surface area contributed by atoms with Crippen molar-refractivity contribution in [1.82, 2.24) is 0 Å². The Balaban J connectivity index is 2.22. The summed E-state index contributed by atoms with van der Waals surface area (Å²) in [4.78, 5) is 0. The van der Waals surface area contributed by atoms with Gasteiger partial charge >= 0.3 is 0 Å². The van der Waals surface area contributed by atoms with Gasteiger partial charge in [0.1, 0.15) is 11.7 Å². The number of hydrogen-bond acceptors (Lipinski definition) is 6. The Labute approximate surface area is 153 Å². The number of anilines is 1. The summed E-state index contributed by atoms with van der Waals surface area (Å²) in [5, 5.41) is 17.7. The molecule has 1 aliphatic heterocycles. The Hall–Kier alpha value is -2.72. The molecule has 0 spiro atoms. The van der Waals surface area contributed by atoms with E-state index < -0.39 is 5.92 Å². The highest BCUT2D eigenvalue weighted by molar-refractivity contribution is 9.10. The second-order valence-corrected chi connectivity index (χ2v) is 6.44. The number of nitriles is 1. The standard InChI is InChI=1S/C18H16BrN3O3/c1-23-15-6-9(5-13(19)17(15)24-2)16-11-4-3-10(21)7-14(11)25-18(22)12(16)8-20/h3-7,12,16,22H,21H2,1-2H3. The molecule has 2 aromatic carbocycles. The molecule has 0 saturated carbocycles. The molecule has 0 bridgehead atoms. The van der Waals surface area contributed by atoms with Crippen LogP contribution in [0.25, 0.3) is 0 Å². The van der Waals surface area contributed by atoms with Crippen LogP contribution in [0.15, 0.2) is 34.8 Å². The molecule has 6 nitrogen and oxygen atoms in total. The van der Waals surface area contributed by atoms with Crippen LogP contribution in [0, 0.1) is 22.7 Å². The number of nitrogens with two attached hydrogens (primary N) is 1. The van der Waals surface area contributed by atoms with Crippen LogP contribution in [-0.2, 0) is 0 Å². The fourth-order valence-electron chi connectivity index (χ4n) is 3.03. The molecule has 0 radical (unpaired) electrons. The van der Waals surface area contributed by atoms with E-state index in [0.717, 1.165) is 11.1 Å². The minimum absolute atomic E-state index is 0.100. The number of methoxy groups -OCH3 is 2. The zero-order valence-corrected chi connectivity index (χ0v) is 15.3. The first-order chi connectivity index (χ1) is 12.0. The molecule has 7 heteroatoms. The molecule has 3 N–H and O–H groups in total. The van der Waals surface area contributed by atoms with Gasteiger partial charge in [-0.1, -0.05) is 6.07 Å². The number of halogens is 1. The van der Waals surface area contributed by atoms with Crippen molar-refractivity contribution < 1.29 is 14.2 Å². The van der Waals surface area contributed by atoms with E-state index in [4.69, 9.17) is 25.4 Å². The predicted molar refractivity (Wildman–Crippen MR) is 97.4 cm³/mol. The van der Waals surface area contributed by atoms with Crippen LogP contribution in [0.2, 0.25) is 0 Å². The van der Waals surface area contributed by atoms with E-state index in [9.17, 15) is 5.26 Å². The lowest BCUT2D eigenvalue weighted by Crippen LogP contribution is -2.31. The summed E-state index contributed by atoms with van der Waals surface area (Å²) in [6.07, 6.45) is 0. The average Bonchev–Trinajstić information content (AvgIpc) is 2.59. The van der Waals surface area contributed by atoms with E-state index in [2.05, 4.69) is 22.0 Å². The molecule has 0 saturated heterocycles. The Morgan fingerprint density at radius 3 is 2.64 bits per heavy atom.